The predicted molar refractivity (Wildman–Crippen MR) is 128 cm³/mol. The number of pyridine rings is 1. The van der Waals surface area contributed by atoms with Gasteiger partial charge >= 0.3 is 7.60 Å². The van der Waals surface area contributed by atoms with Crippen molar-refractivity contribution < 1.29 is 13.6 Å². The molecule has 0 bridgehead atoms. The lowest BCUT2D eigenvalue weighted by atomic mass is 10.2. The fraction of sp³-hybridized carbons (Fsp3) is 0.115. The van der Waals surface area contributed by atoms with Crippen molar-refractivity contribution in [2.45, 2.75) is 19.1 Å². The van der Waals surface area contributed by atoms with Crippen molar-refractivity contribution in [3.8, 4) is 11.5 Å². The van der Waals surface area contributed by atoms with E-state index in [-0.39, 0.29) is 0 Å². The molecule has 1 N–H and O–H groups in total. The molecule has 6 heteroatoms. The van der Waals surface area contributed by atoms with Crippen molar-refractivity contribution in [3.63, 3.8) is 0 Å². The van der Waals surface area contributed by atoms with Gasteiger partial charge in [0.25, 0.3) is 0 Å². The van der Waals surface area contributed by atoms with Crippen LogP contribution in [0.2, 0.25) is 0 Å². The third-order valence-electron chi connectivity index (χ3n) is 4.82. The average Bonchev–Trinajstić information content (AvgIpc) is 2.84. The second-order valence-electron chi connectivity index (χ2n) is 7.17. The summed E-state index contributed by atoms with van der Waals surface area (Å²) < 4.78 is 26.7. The van der Waals surface area contributed by atoms with E-state index in [4.69, 9.17) is 14.0 Å². The van der Waals surface area contributed by atoms with Crippen LogP contribution < -0.4 is 14.4 Å². The standard InChI is InChI=1S/C26H25N2O3P/c1-2-21-15-12-20-25(27-21)26(28-22-13-6-3-7-14-22)32(29,30-23-16-8-4-9-17-23)31-24-18-10-5-11-19-24/h3-20,26,28H,2H2,1H3. The SMILES string of the molecule is CCc1cccc(C(Nc2ccccc2)P(=O)(Oc2ccccc2)Oc2ccccc2)n1. The molecule has 1 atom stereocenters. The summed E-state index contributed by atoms with van der Waals surface area (Å²) in [6.45, 7) is 2.03. The number of anilines is 1. The third kappa shape index (κ3) is 5.37. The molecule has 162 valence electrons. The first kappa shape index (κ1) is 21.7. The highest BCUT2D eigenvalue weighted by Gasteiger charge is 2.42. The Morgan fingerprint density at radius 1 is 0.750 bits per heavy atom. The molecule has 0 aliphatic heterocycles. The third-order valence-corrected chi connectivity index (χ3v) is 6.77. The van der Waals surface area contributed by atoms with Gasteiger partial charge in [-0.3, -0.25) is 4.98 Å². The van der Waals surface area contributed by atoms with E-state index in [0.29, 0.717) is 17.2 Å². The second-order valence-corrected chi connectivity index (χ2v) is 9.13. The fourth-order valence-electron chi connectivity index (χ4n) is 3.24. The molecule has 0 saturated carbocycles. The van der Waals surface area contributed by atoms with Crippen LogP contribution in [0.4, 0.5) is 5.69 Å². The van der Waals surface area contributed by atoms with E-state index in [9.17, 15) is 4.57 Å². The Labute approximate surface area is 188 Å². The van der Waals surface area contributed by atoms with Gasteiger partial charge in [0.2, 0.25) is 0 Å². The van der Waals surface area contributed by atoms with Gasteiger partial charge in [0.15, 0.2) is 5.78 Å². The van der Waals surface area contributed by atoms with E-state index in [1.165, 1.54) is 0 Å². The van der Waals surface area contributed by atoms with Crippen molar-refractivity contribution in [2.75, 3.05) is 5.32 Å². The summed E-state index contributed by atoms with van der Waals surface area (Å²) in [7, 11) is -3.86. The van der Waals surface area contributed by atoms with E-state index >= 15 is 0 Å². The molecule has 0 aliphatic rings. The van der Waals surface area contributed by atoms with Crippen LogP contribution >= 0.6 is 7.60 Å². The largest absolute Gasteiger partial charge is 0.459 e. The smallest absolute Gasteiger partial charge is 0.414 e. The van der Waals surface area contributed by atoms with E-state index in [2.05, 4.69) is 5.32 Å². The monoisotopic (exact) mass is 444 g/mol. The van der Waals surface area contributed by atoms with E-state index in [0.717, 1.165) is 17.8 Å². The molecule has 0 aliphatic carbocycles. The Bertz CT molecular complexity index is 1130. The van der Waals surface area contributed by atoms with Gasteiger partial charge in [-0.1, -0.05) is 67.6 Å². The lowest BCUT2D eigenvalue weighted by molar-refractivity contribution is 0.375. The average molecular weight is 444 g/mol. The maximum absolute atomic E-state index is 14.5. The van der Waals surface area contributed by atoms with Gasteiger partial charge in [0, 0.05) is 11.4 Å². The van der Waals surface area contributed by atoms with Gasteiger partial charge in [-0.25, -0.2) is 4.57 Å². The quantitative estimate of drug-likeness (QED) is 0.279. The molecule has 0 spiro atoms. The Morgan fingerprint density at radius 2 is 1.28 bits per heavy atom. The van der Waals surface area contributed by atoms with Gasteiger partial charge in [0.05, 0.1) is 5.69 Å². The minimum absolute atomic E-state index is 0.457. The minimum Gasteiger partial charge on any atom is -0.414 e. The molecule has 3 aromatic carbocycles. The lowest BCUT2D eigenvalue weighted by Crippen LogP contribution is -2.19. The van der Waals surface area contributed by atoms with Crippen LogP contribution in [-0.4, -0.2) is 4.98 Å². The van der Waals surface area contributed by atoms with Gasteiger partial charge in [-0.05, 0) is 55.0 Å². The summed E-state index contributed by atoms with van der Waals surface area (Å²) >= 11 is 0. The molecule has 4 aromatic rings. The number of nitrogens with one attached hydrogen (secondary N) is 1. The van der Waals surface area contributed by atoms with Crippen LogP contribution in [0, 0.1) is 0 Å². The highest BCUT2D eigenvalue weighted by molar-refractivity contribution is 7.55. The summed E-state index contributed by atoms with van der Waals surface area (Å²) in [4.78, 5) is 4.74. The first-order valence-electron chi connectivity index (χ1n) is 10.5. The van der Waals surface area contributed by atoms with E-state index < -0.39 is 13.4 Å². The number of aryl methyl sites for hydroxylation is 1. The first-order chi connectivity index (χ1) is 15.7. The van der Waals surface area contributed by atoms with Gasteiger partial charge in [-0.15, -0.1) is 0 Å². The summed E-state index contributed by atoms with van der Waals surface area (Å²) in [5.74, 6) is 0.0772. The molecule has 5 nitrogen and oxygen atoms in total. The first-order valence-corrected chi connectivity index (χ1v) is 12.1. The molecular formula is C26H25N2O3P. The molecule has 0 fully saturated rings. The van der Waals surface area contributed by atoms with Gasteiger partial charge in [-0.2, -0.15) is 0 Å². The van der Waals surface area contributed by atoms with Crippen molar-refractivity contribution in [1.29, 1.82) is 0 Å². The van der Waals surface area contributed by atoms with Crippen LogP contribution in [0.5, 0.6) is 11.5 Å². The van der Waals surface area contributed by atoms with Crippen molar-refractivity contribution in [1.82, 2.24) is 4.98 Å². The summed E-state index contributed by atoms with van der Waals surface area (Å²) in [6, 6.07) is 33.4. The topological polar surface area (TPSA) is 60.5 Å². The number of para-hydroxylation sites is 3. The number of rotatable bonds is 9. The molecule has 4 rings (SSSR count). The van der Waals surface area contributed by atoms with Crippen LogP contribution in [0.1, 0.15) is 24.1 Å². The Balaban J connectivity index is 1.81. The molecule has 1 aromatic heterocycles. The number of hydrogen-bond donors (Lipinski definition) is 1. The van der Waals surface area contributed by atoms with Crippen LogP contribution in [0.25, 0.3) is 0 Å². The van der Waals surface area contributed by atoms with Crippen molar-refractivity contribution >= 4 is 13.3 Å². The molecular weight excluding hydrogens is 419 g/mol. The molecule has 0 radical (unpaired) electrons. The summed E-state index contributed by atoms with van der Waals surface area (Å²) in [6.07, 6.45) is 0.759. The molecule has 0 saturated heterocycles. The number of benzene rings is 3. The normalized spacial score (nSPS) is 12.0. The van der Waals surface area contributed by atoms with E-state index in [1.807, 2.05) is 91.9 Å². The van der Waals surface area contributed by atoms with Crippen molar-refractivity contribution in [3.05, 3.63) is 121 Å². The minimum atomic E-state index is -3.86. The maximum Gasteiger partial charge on any atom is 0.459 e. The zero-order valence-corrected chi connectivity index (χ0v) is 18.7. The van der Waals surface area contributed by atoms with Crippen LogP contribution in [0.3, 0.4) is 0 Å². The number of nitrogens with zero attached hydrogens (tertiary/aromatic N) is 1. The highest BCUT2D eigenvalue weighted by Crippen LogP contribution is 2.59. The maximum atomic E-state index is 14.5. The molecule has 1 unspecified atom stereocenters. The predicted octanol–water partition coefficient (Wildman–Crippen LogP) is 7.11. The van der Waals surface area contributed by atoms with Crippen LogP contribution in [0.15, 0.2) is 109 Å². The molecule has 1 heterocycles. The van der Waals surface area contributed by atoms with Gasteiger partial charge in [0.1, 0.15) is 11.5 Å². The van der Waals surface area contributed by atoms with Gasteiger partial charge < -0.3 is 14.4 Å². The number of aromatic nitrogens is 1. The number of hydrogen-bond acceptors (Lipinski definition) is 5. The zero-order valence-electron chi connectivity index (χ0n) is 17.8. The van der Waals surface area contributed by atoms with Crippen LogP contribution in [-0.2, 0) is 11.0 Å². The fourth-order valence-corrected chi connectivity index (χ4v) is 5.09. The summed E-state index contributed by atoms with van der Waals surface area (Å²) in [5.41, 5.74) is 2.27. The summed E-state index contributed by atoms with van der Waals surface area (Å²) in [5, 5.41) is 3.35. The van der Waals surface area contributed by atoms with E-state index in [1.54, 1.807) is 24.3 Å². The Hall–Kier alpha value is -3.56. The Kier molecular flexibility index (Phi) is 6.88. The zero-order chi connectivity index (χ0) is 22.2. The molecule has 0 amide bonds. The highest BCUT2D eigenvalue weighted by atomic mass is 31.2. The van der Waals surface area contributed by atoms with Crippen molar-refractivity contribution in [2.24, 2.45) is 0 Å². The second kappa shape index (κ2) is 10.2. The molecule has 32 heavy (non-hydrogen) atoms. The lowest BCUT2D eigenvalue weighted by Gasteiger charge is -2.28. The Morgan fingerprint density at radius 3 is 1.81 bits per heavy atom.